The van der Waals surface area contributed by atoms with Gasteiger partial charge in [-0.3, -0.25) is 9.59 Å². The fourth-order valence-corrected chi connectivity index (χ4v) is 3.82. The van der Waals surface area contributed by atoms with Crippen LogP contribution in [0, 0.1) is 11.3 Å². The van der Waals surface area contributed by atoms with Gasteiger partial charge in [0.2, 0.25) is 11.8 Å². The number of thioether (sulfide) groups is 1. The van der Waals surface area contributed by atoms with Crippen molar-refractivity contribution in [3.05, 3.63) is 41.3 Å². The molecule has 1 aliphatic rings. The van der Waals surface area contributed by atoms with Crippen molar-refractivity contribution in [1.82, 2.24) is 0 Å². The summed E-state index contributed by atoms with van der Waals surface area (Å²) < 4.78 is 0. The first kappa shape index (κ1) is 14.6. The highest BCUT2D eigenvalue weighted by Gasteiger charge is 2.26. The van der Waals surface area contributed by atoms with Crippen LogP contribution in [0.2, 0.25) is 0 Å². The van der Waals surface area contributed by atoms with Gasteiger partial charge in [0.25, 0.3) is 0 Å². The van der Waals surface area contributed by atoms with E-state index in [4.69, 9.17) is 5.26 Å². The van der Waals surface area contributed by atoms with E-state index < -0.39 is 0 Å². The van der Waals surface area contributed by atoms with Crippen LogP contribution in [0.25, 0.3) is 0 Å². The maximum Gasteiger partial charge on any atom is 0.245 e. The van der Waals surface area contributed by atoms with Gasteiger partial charge < -0.3 is 10.2 Å². The minimum Gasteiger partial charge on any atom is -0.315 e. The molecule has 0 saturated heterocycles. The Balaban J connectivity index is 1.77. The summed E-state index contributed by atoms with van der Waals surface area (Å²) in [7, 11) is 0. The highest BCUT2D eigenvalue weighted by molar-refractivity contribution is 8.00. The van der Waals surface area contributed by atoms with Crippen LogP contribution in [-0.2, 0) is 9.59 Å². The number of amides is 2. The number of carbonyl (C=O) groups excluding carboxylic acids is 2. The molecule has 0 radical (unpaired) electrons. The third kappa shape index (κ3) is 2.84. The van der Waals surface area contributed by atoms with Crippen LogP contribution in [-0.4, -0.2) is 24.1 Å². The molecule has 0 fully saturated rings. The minimum absolute atomic E-state index is 0.0564. The first-order valence-electron chi connectivity index (χ1n) is 6.48. The topological polar surface area (TPSA) is 73.2 Å². The number of nitriles is 1. The molecule has 110 valence electrons. The Hall–Kier alpha value is -2.30. The Morgan fingerprint density at radius 1 is 1.36 bits per heavy atom. The summed E-state index contributed by atoms with van der Waals surface area (Å²) in [5.74, 6) is -0.0771. The van der Waals surface area contributed by atoms with Crippen LogP contribution in [0.4, 0.5) is 10.7 Å². The molecule has 2 heterocycles. The molecule has 0 saturated carbocycles. The zero-order chi connectivity index (χ0) is 15.5. The third-order valence-corrected chi connectivity index (χ3v) is 5.03. The third-order valence-electron chi connectivity index (χ3n) is 3.15. The van der Waals surface area contributed by atoms with Crippen molar-refractivity contribution in [3.63, 3.8) is 0 Å². The van der Waals surface area contributed by atoms with Crippen LogP contribution < -0.4 is 10.2 Å². The fourth-order valence-electron chi connectivity index (χ4n) is 2.13. The number of anilines is 2. The maximum absolute atomic E-state index is 12.2. The Bertz CT molecular complexity index is 779. The predicted molar refractivity (Wildman–Crippen MR) is 87.2 cm³/mol. The van der Waals surface area contributed by atoms with E-state index in [9.17, 15) is 9.59 Å². The Morgan fingerprint density at radius 3 is 3.00 bits per heavy atom. The molecule has 7 heteroatoms. The number of fused-ring (bicyclic) bond motifs is 1. The molecule has 22 heavy (non-hydrogen) atoms. The zero-order valence-electron chi connectivity index (χ0n) is 11.4. The monoisotopic (exact) mass is 329 g/mol. The van der Waals surface area contributed by atoms with E-state index in [-0.39, 0.29) is 18.4 Å². The summed E-state index contributed by atoms with van der Waals surface area (Å²) in [4.78, 5) is 26.8. The van der Waals surface area contributed by atoms with E-state index in [0.717, 1.165) is 10.6 Å². The van der Waals surface area contributed by atoms with E-state index in [1.165, 1.54) is 28.0 Å². The molecular formula is C15H11N3O2S2. The molecule has 5 nitrogen and oxygen atoms in total. The summed E-state index contributed by atoms with van der Waals surface area (Å²) in [6.45, 7) is -0.0564. The molecule has 2 aromatic rings. The molecule has 3 rings (SSSR count). The summed E-state index contributed by atoms with van der Waals surface area (Å²) >= 11 is 2.76. The number of thiophene rings is 1. The van der Waals surface area contributed by atoms with Crippen LogP contribution in [0.15, 0.2) is 40.6 Å². The average molecular weight is 329 g/mol. The van der Waals surface area contributed by atoms with E-state index >= 15 is 0 Å². The molecule has 0 aliphatic carbocycles. The average Bonchev–Trinajstić information content (AvgIpc) is 2.97. The van der Waals surface area contributed by atoms with Crippen molar-refractivity contribution in [2.45, 2.75) is 4.90 Å². The van der Waals surface area contributed by atoms with E-state index in [1.807, 2.05) is 30.3 Å². The van der Waals surface area contributed by atoms with Crippen molar-refractivity contribution in [2.75, 3.05) is 22.5 Å². The van der Waals surface area contributed by atoms with Gasteiger partial charge in [0.15, 0.2) is 0 Å². The van der Waals surface area contributed by atoms with Crippen molar-refractivity contribution < 1.29 is 9.59 Å². The van der Waals surface area contributed by atoms with Crippen LogP contribution in [0.3, 0.4) is 0 Å². The van der Waals surface area contributed by atoms with Gasteiger partial charge in [0, 0.05) is 4.90 Å². The SMILES string of the molecule is N#Cc1ccsc1NC(=O)CN1C(=O)CSc2ccccc21. The van der Waals surface area contributed by atoms with Gasteiger partial charge in [-0.2, -0.15) is 5.26 Å². The Kier molecular flexibility index (Phi) is 4.13. The van der Waals surface area contributed by atoms with Crippen LogP contribution >= 0.6 is 23.1 Å². The van der Waals surface area contributed by atoms with Gasteiger partial charge in [0.1, 0.15) is 17.6 Å². The van der Waals surface area contributed by atoms with Gasteiger partial charge in [-0.15, -0.1) is 23.1 Å². The summed E-state index contributed by atoms with van der Waals surface area (Å²) in [6.07, 6.45) is 0. The first-order chi connectivity index (χ1) is 10.7. The highest BCUT2D eigenvalue weighted by atomic mass is 32.2. The Morgan fingerprint density at radius 2 is 2.18 bits per heavy atom. The molecule has 1 aromatic carbocycles. The van der Waals surface area contributed by atoms with E-state index in [2.05, 4.69) is 5.32 Å². The quantitative estimate of drug-likeness (QED) is 0.939. The normalized spacial score (nSPS) is 13.4. The fraction of sp³-hybridized carbons (Fsp3) is 0.133. The summed E-state index contributed by atoms with van der Waals surface area (Å²) in [5.41, 5.74) is 1.19. The zero-order valence-corrected chi connectivity index (χ0v) is 13.0. The second kappa shape index (κ2) is 6.22. The minimum atomic E-state index is -0.311. The largest absolute Gasteiger partial charge is 0.315 e. The number of para-hydroxylation sites is 1. The van der Waals surface area contributed by atoms with Gasteiger partial charge in [-0.1, -0.05) is 12.1 Å². The van der Waals surface area contributed by atoms with Crippen LogP contribution in [0.1, 0.15) is 5.56 Å². The Labute approximate surface area is 135 Å². The first-order valence-corrected chi connectivity index (χ1v) is 8.35. The lowest BCUT2D eigenvalue weighted by Gasteiger charge is -2.28. The molecule has 1 N–H and O–H groups in total. The van der Waals surface area contributed by atoms with Gasteiger partial charge in [0.05, 0.1) is 17.0 Å². The maximum atomic E-state index is 12.2. The van der Waals surface area contributed by atoms with Crippen LogP contribution in [0.5, 0.6) is 0 Å². The molecule has 1 aliphatic heterocycles. The van der Waals surface area contributed by atoms with Gasteiger partial charge in [-0.25, -0.2) is 0 Å². The lowest BCUT2D eigenvalue weighted by Crippen LogP contribution is -2.41. The molecule has 1 aromatic heterocycles. The van der Waals surface area contributed by atoms with E-state index in [0.29, 0.717) is 16.3 Å². The van der Waals surface area contributed by atoms with Crippen molar-refractivity contribution >= 4 is 45.6 Å². The standard InChI is InChI=1S/C15H11N3O2S2/c16-7-10-5-6-21-15(10)17-13(19)8-18-11-3-1-2-4-12(11)22-9-14(18)20/h1-6H,8-9H2,(H,17,19). The number of carbonyl (C=O) groups is 2. The number of benzene rings is 1. The molecular weight excluding hydrogens is 318 g/mol. The summed E-state index contributed by atoms with van der Waals surface area (Å²) in [6, 6.07) is 11.2. The lowest BCUT2D eigenvalue weighted by atomic mass is 10.2. The molecule has 0 unspecified atom stereocenters. The van der Waals surface area contributed by atoms with Gasteiger partial charge in [-0.05, 0) is 23.6 Å². The smallest absolute Gasteiger partial charge is 0.245 e. The van der Waals surface area contributed by atoms with E-state index in [1.54, 1.807) is 11.4 Å². The predicted octanol–water partition coefficient (Wildman–Crippen LogP) is 2.70. The number of hydrogen-bond donors (Lipinski definition) is 1. The number of rotatable bonds is 3. The van der Waals surface area contributed by atoms with Gasteiger partial charge >= 0.3 is 0 Å². The molecule has 2 amide bonds. The second-order valence-electron chi connectivity index (χ2n) is 4.56. The number of nitrogens with zero attached hydrogens (tertiary/aromatic N) is 2. The van der Waals surface area contributed by atoms with Crippen molar-refractivity contribution in [1.29, 1.82) is 5.26 Å². The second-order valence-corrected chi connectivity index (χ2v) is 6.49. The highest BCUT2D eigenvalue weighted by Crippen LogP contribution is 2.34. The number of hydrogen-bond acceptors (Lipinski definition) is 5. The lowest BCUT2D eigenvalue weighted by molar-refractivity contribution is -0.120. The number of nitrogens with one attached hydrogen (secondary N) is 1. The molecule has 0 spiro atoms. The van der Waals surface area contributed by atoms with Crippen molar-refractivity contribution in [2.24, 2.45) is 0 Å². The molecule has 0 bridgehead atoms. The molecule has 0 atom stereocenters. The summed E-state index contributed by atoms with van der Waals surface area (Å²) in [5, 5.41) is 13.9. The van der Waals surface area contributed by atoms with Crippen molar-refractivity contribution in [3.8, 4) is 6.07 Å².